The van der Waals surface area contributed by atoms with Crippen LogP contribution in [0.3, 0.4) is 0 Å². The number of aliphatic carboxylic acids is 1. The molecule has 3 N–H and O–H groups in total. The van der Waals surface area contributed by atoms with Crippen molar-refractivity contribution in [1.82, 2.24) is 5.32 Å². The van der Waals surface area contributed by atoms with Gasteiger partial charge >= 0.3 is 5.97 Å². The molecule has 5 nitrogen and oxygen atoms in total. The second-order valence-electron chi connectivity index (χ2n) is 4.14. The molecule has 1 aliphatic rings. The Hall–Kier alpha value is -2.14. The maximum atomic E-state index is 11.7. The Morgan fingerprint density at radius 3 is 2.78 bits per heavy atom. The molecule has 0 spiro atoms. The number of hydrogen-bond donors (Lipinski definition) is 3. The minimum Gasteiger partial charge on any atom is -0.478 e. The quantitative estimate of drug-likeness (QED) is 0.691. The molecule has 1 aliphatic heterocycles. The van der Waals surface area contributed by atoms with E-state index >= 15 is 0 Å². The fourth-order valence-electron chi connectivity index (χ4n) is 1.61. The summed E-state index contributed by atoms with van der Waals surface area (Å²) in [5.74, 6) is -0.971. The van der Waals surface area contributed by atoms with E-state index in [0.717, 1.165) is 11.6 Å². The van der Waals surface area contributed by atoms with Gasteiger partial charge in [-0.25, -0.2) is 4.79 Å². The average molecular weight is 246 g/mol. The summed E-state index contributed by atoms with van der Waals surface area (Å²) in [5, 5.41) is 14.4. The number of rotatable bonds is 4. The van der Waals surface area contributed by atoms with Gasteiger partial charge in [0.2, 0.25) is 5.91 Å². The van der Waals surface area contributed by atoms with Crippen LogP contribution in [-0.2, 0) is 9.59 Å². The fourth-order valence-corrected chi connectivity index (χ4v) is 1.61. The predicted molar refractivity (Wildman–Crippen MR) is 68.1 cm³/mol. The first kappa shape index (κ1) is 12.3. The number of carbonyl (C=O) groups is 2. The minimum atomic E-state index is -0.995. The molecule has 5 heteroatoms. The van der Waals surface area contributed by atoms with Crippen molar-refractivity contribution in [3.8, 4) is 0 Å². The van der Waals surface area contributed by atoms with Crippen LogP contribution in [0.15, 0.2) is 30.3 Å². The molecule has 1 saturated heterocycles. The van der Waals surface area contributed by atoms with E-state index in [-0.39, 0.29) is 11.8 Å². The van der Waals surface area contributed by atoms with E-state index in [2.05, 4.69) is 10.6 Å². The van der Waals surface area contributed by atoms with Gasteiger partial charge in [-0.15, -0.1) is 0 Å². The summed E-state index contributed by atoms with van der Waals surface area (Å²) < 4.78 is 0. The normalized spacial score (nSPS) is 15.3. The molecule has 0 radical (unpaired) electrons. The molecule has 2 rings (SSSR count). The largest absolute Gasteiger partial charge is 0.478 e. The fraction of sp³-hybridized carbons (Fsp3) is 0.231. The number of carboxylic acids is 1. The Morgan fingerprint density at radius 1 is 1.39 bits per heavy atom. The van der Waals surface area contributed by atoms with E-state index in [4.69, 9.17) is 5.11 Å². The zero-order valence-electron chi connectivity index (χ0n) is 9.72. The Bertz CT molecular complexity index is 493. The molecule has 94 valence electrons. The highest BCUT2D eigenvalue weighted by atomic mass is 16.4. The van der Waals surface area contributed by atoms with E-state index < -0.39 is 5.97 Å². The molecule has 1 heterocycles. The average Bonchev–Trinajstić information content (AvgIpc) is 2.24. The summed E-state index contributed by atoms with van der Waals surface area (Å²) in [5.41, 5.74) is 1.42. The first-order valence-electron chi connectivity index (χ1n) is 5.68. The first-order valence-corrected chi connectivity index (χ1v) is 5.68. The van der Waals surface area contributed by atoms with Crippen LogP contribution < -0.4 is 10.6 Å². The van der Waals surface area contributed by atoms with Crippen LogP contribution >= 0.6 is 0 Å². The van der Waals surface area contributed by atoms with Crippen molar-refractivity contribution in [3.63, 3.8) is 0 Å². The number of carboxylic acid groups (broad SMARTS) is 1. The summed E-state index contributed by atoms with van der Waals surface area (Å²) in [4.78, 5) is 22.1. The van der Waals surface area contributed by atoms with Gasteiger partial charge in [0.15, 0.2) is 0 Å². The van der Waals surface area contributed by atoms with Crippen LogP contribution in [0.4, 0.5) is 5.69 Å². The van der Waals surface area contributed by atoms with Crippen LogP contribution in [0.1, 0.15) is 5.56 Å². The Balaban J connectivity index is 2.02. The molecular formula is C13H14N2O3. The standard InChI is InChI=1S/C13H14N2O3/c16-12(17)5-4-9-2-1-3-11(6-9)15-13(18)10-7-14-8-10/h1-6,10,14H,7-8H2,(H,15,18)(H,16,17)/b5-4+. The lowest BCUT2D eigenvalue weighted by Crippen LogP contribution is -2.48. The number of amides is 1. The van der Waals surface area contributed by atoms with Crippen molar-refractivity contribution in [1.29, 1.82) is 0 Å². The molecule has 18 heavy (non-hydrogen) atoms. The molecule has 0 bridgehead atoms. The van der Waals surface area contributed by atoms with Gasteiger partial charge in [0.05, 0.1) is 5.92 Å². The van der Waals surface area contributed by atoms with Gasteiger partial charge < -0.3 is 15.7 Å². The van der Waals surface area contributed by atoms with Crippen LogP contribution in [0.25, 0.3) is 6.08 Å². The van der Waals surface area contributed by atoms with Crippen molar-refractivity contribution in [2.75, 3.05) is 18.4 Å². The summed E-state index contributed by atoms with van der Waals surface area (Å²) >= 11 is 0. The second kappa shape index (κ2) is 5.46. The lowest BCUT2D eigenvalue weighted by molar-refractivity contribution is -0.131. The number of carbonyl (C=O) groups excluding carboxylic acids is 1. The van der Waals surface area contributed by atoms with Crippen LogP contribution in [0.2, 0.25) is 0 Å². The van der Waals surface area contributed by atoms with E-state index in [1.54, 1.807) is 24.3 Å². The molecule has 0 atom stereocenters. The van der Waals surface area contributed by atoms with E-state index in [1.165, 1.54) is 6.08 Å². The second-order valence-corrected chi connectivity index (χ2v) is 4.14. The van der Waals surface area contributed by atoms with Gasteiger partial charge in [-0.2, -0.15) is 0 Å². The van der Waals surface area contributed by atoms with Crippen LogP contribution in [0.5, 0.6) is 0 Å². The van der Waals surface area contributed by atoms with Gasteiger partial charge in [-0.05, 0) is 23.8 Å². The smallest absolute Gasteiger partial charge is 0.328 e. The third-order valence-corrected chi connectivity index (χ3v) is 2.72. The molecule has 0 aliphatic carbocycles. The molecule has 1 aromatic rings. The third kappa shape index (κ3) is 3.18. The summed E-state index contributed by atoms with van der Waals surface area (Å²) in [6, 6.07) is 7.07. The highest BCUT2D eigenvalue weighted by Gasteiger charge is 2.24. The lowest BCUT2D eigenvalue weighted by atomic mass is 10.0. The summed E-state index contributed by atoms with van der Waals surface area (Å²) in [6.07, 6.45) is 2.56. The Labute approximate surface area is 105 Å². The first-order chi connectivity index (χ1) is 8.65. The molecule has 0 unspecified atom stereocenters. The zero-order chi connectivity index (χ0) is 13.0. The summed E-state index contributed by atoms with van der Waals surface area (Å²) in [6.45, 7) is 1.43. The van der Waals surface area contributed by atoms with E-state index in [9.17, 15) is 9.59 Å². The van der Waals surface area contributed by atoms with Crippen molar-refractivity contribution in [3.05, 3.63) is 35.9 Å². The SMILES string of the molecule is O=C(O)/C=C/c1cccc(NC(=O)C2CNC2)c1. The molecule has 1 fully saturated rings. The number of anilines is 1. The third-order valence-electron chi connectivity index (χ3n) is 2.72. The van der Waals surface area contributed by atoms with Gasteiger partial charge in [-0.3, -0.25) is 4.79 Å². The lowest BCUT2D eigenvalue weighted by Gasteiger charge is -2.25. The minimum absolute atomic E-state index is 0.00638. The highest BCUT2D eigenvalue weighted by Crippen LogP contribution is 2.14. The van der Waals surface area contributed by atoms with Crippen LogP contribution in [0, 0.1) is 5.92 Å². The van der Waals surface area contributed by atoms with E-state index in [0.29, 0.717) is 18.8 Å². The monoisotopic (exact) mass is 246 g/mol. The molecule has 1 aromatic carbocycles. The highest BCUT2D eigenvalue weighted by molar-refractivity contribution is 5.94. The maximum absolute atomic E-state index is 11.7. The number of hydrogen-bond acceptors (Lipinski definition) is 3. The van der Waals surface area contributed by atoms with Gasteiger partial charge in [-0.1, -0.05) is 12.1 Å². The molecule has 0 aromatic heterocycles. The number of benzene rings is 1. The number of nitrogens with one attached hydrogen (secondary N) is 2. The van der Waals surface area contributed by atoms with Gasteiger partial charge in [0.1, 0.15) is 0 Å². The van der Waals surface area contributed by atoms with Crippen molar-refractivity contribution >= 4 is 23.6 Å². The van der Waals surface area contributed by atoms with Crippen LogP contribution in [-0.4, -0.2) is 30.1 Å². The Kier molecular flexibility index (Phi) is 3.74. The van der Waals surface area contributed by atoms with Crippen molar-refractivity contribution in [2.24, 2.45) is 5.92 Å². The zero-order valence-corrected chi connectivity index (χ0v) is 9.72. The van der Waals surface area contributed by atoms with Gasteiger partial charge in [0.25, 0.3) is 0 Å². The summed E-state index contributed by atoms with van der Waals surface area (Å²) in [7, 11) is 0. The Morgan fingerprint density at radius 2 is 2.17 bits per heavy atom. The molecule has 0 saturated carbocycles. The van der Waals surface area contributed by atoms with E-state index in [1.807, 2.05) is 0 Å². The van der Waals surface area contributed by atoms with Gasteiger partial charge in [0, 0.05) is 24.9 Å². The maximum Gasteiger partial charge on any atom is 0.328 e. The topological polar surface area (TPSA) is 78.4 Å². The molecule has 1 amide bonds. The predicted octanol–water partition coefficient (Wildman–Crippen LogP) is 0.942. The van der Waals surface area contributed by atoms with Crippen molar-refractivity contribution < 1.29 is 14.7 Å². The molecular weight excluding hydrogens is 232 g/mol. The van der Waals surface area contributed by atoms with Crippen molar-refractivity contribution in [2.45, 2.75) is 0 Å².